The molecule has 1 heterocycles. The molecule has 0 spiro atoms. The van der Waals surface area contributed by atoms with Gasteiger partial charge >= 0.3 is 0 Å². The summed E-state index contributed by atoms with van der Waals surface area (Å²) in [5.74, 6) is 2.86. The van der Waals surface area contributed by atoms with Gasteiger partial charge in [0, 0.05) is 0 Å². The summed E-state index contributed by atoms with van der Waals surface area (Å²) >= 11 is 0. The van der Waals surface area contributed by atoms with E-state index >= 15 is 0 Å². The largest absolute Gasteiger partial charge is 0.493 e. The van der Waals surface area contributed by atoms with Crippen molar-refractivity contribution >= 4 is 5.69 Å². The lowest BCUT2D eigenvalue weighted by molar-refractivity contribution is 0.0437. The summed E-state index contributed by atoms with van der Waals surface area (Å²) in [7, 11) is 6.38. The quantitative estimate of drug-likeness (QED) is 0.478. The molecule has 2 N–H and O–H groups in total. The number of rotatable bonds is 9. The molecular weight excluding hydrogens is 386 g/mol. The molecule has 3 rings (SSSR count). The normalized spacial score (nSPS) is 18.0. The van der Waals surface area contributed by atoms with E-state index in [9.17, 15) is 0 Å². The molecule has 0 bridgehead atoms. The lowest BCUT2D eigenvalue weighted by Gasteiger charge is -2.19. The van der Waals surface area contributed by atoms with Crippen molar-refractivity contribution in [2.45, 2.75) is 25.0 Å². The van der Waals surface area contributed by atoms with Gasteiger partial charge < -0.3 is 34.2 Å². The molecule has 2 aromatic rings. The van der Waals surface area contributed by atoms with Crippen molar-refractivity contribution in [1.82, 2.24) is 0 Å². The van der Waals surface area contributed by atoms with E-state index in [2.05, 4.69) is 6.58 Å². The monoisotopic (exact) mass is 415 g/mol. The van der Waals surface area contributed by atoms with Gasteiger partial charge in [0.25, 0.3) is 0 Å². The second kappa shape index (κ2) is 9.63. The van der Waals surface area contributed by atoms with Crippen LogP contribution in [0.25, 0.3) is 0 Å². The predicted octanol–water partition coefficient (Wildman–Crippen LogP) is 4.46. The summed E-state index contributed by atoms with van der Waals surface area (Å²) < 4.78 is 33.8. The predicted molar refractivity (Wildman–Crippen MR) is 115 cm³/mol. The summed E-state index contributed by atoms with van der Waals surface area (Å²) in [5.41, 5.74) is 8.64. The molecule has 0 aliphatic carbocycles. The molecule has 162 valence electrons. The molecule has 1 saturated heterocycles. The average molecular weight is 415 g/mol. The topological polar surface area (TPSA) is 81.4 Å². The van der Waals surface area contributed by atoms with E-state index in [0.29, 0.717) is 41.0 Å². The van der Waals surface area contributed by atoms with Crippen molar-refractivity contribution < 1.29 is 28.4 Å². The molecule has 1 fully saturated rings. The van der Waals surface area contributed by atoms with Crippen LogP contribution in [-0.4, -0.2) is 35.0 Å². The molecule has 7 nitrogen and oxygen atoms in total. The smallest absolute Gasteiger partial charge is 0.203 e. The first-order valence-electron chi connectivity index (χ1n) is 9.72. The van der Waals surface area contributed by atoms with Crippen molar-refractivity contribution in [2.24, 2.45) is 0 Å². The number of nitrogen functional groups attached to an aromatic ring is 1. The number of nitrogens with two attached hydrogens (primary N) is 1. The maximum Gasteiger partial charge on any atom is 0.203 e. The van der Waals surface area contributed by atoms with Gasteiger partial charge in [-0.15, -0.1) is 0 Å². The lowest BCUT2D eigenvalue weighted by atomic mass is 10.0. The number of benzene rings is 2. The van der Waals surface area contributed by atoms with Crippen LogP contribution in [0, 0.1) is 0 Å². The van der Waals surface area contributed by atoms with Crippen LogP contribution in [0.2, 0.25) is 0 Å². The third-order valence-electron chi connectivity index (χ3n) is 5.12. The van der Waals surface area contributed by atoms with Gasteiger partial charge in [-0.1, -0.05) is 12.7 Å². The first kappa shape index (κ1) is 21.6. The van der Waals surface area contributed by atoms with E-state index in [4.69, 9.17) is 34.2 Å². The Kier molecular flexibility index (Phi) is 6.95. The highest BCUT2D eigenvalue weighted by Gasteiger charge is 2.30. The van der Waals surface area contributed by atoms with Gasteiger partial charge in [0.2, 0.25) is 5.75 Å². The Balaban J connectivity index is 1.85. The summed E-state index contributed by atoms with van der Waals surface area (Å²) in [6.45, 7) is 4.01. The number of ether oxygens (including phenoxy) is 6. The first-order valence-corrected chi connectivity index (χ1v) is 9.72. The number of hydrogen-bond donors (Lipinski definition) is 1. The van der Waals surface area contributed by atoms with Crippen LogP contribution in [0.3, 0.4) is 0 Å². The lowest BCUT2D eigenvalue weighted by Crippen LogP contribution is -2.05. The van der Waals surface area contributed by atoms with E-state index in [1.165, 1.54) is 0 Å². The van der Waals surface area contributed by atoms with Crippen LogP contribution in [0.15, 0.2) is 36.9 Å². The van der Waals surface area contributed by atoms with Crippen molar-refractivity contribution in [3.63, 3.8) is 0 Å². The van der Waals surface area contributed by atoms with Crippen LogP contribution < -0.4 is 29.4 Å². The zero-order valence-corrected chi connectivity index (χ0v) is 17.9. The minimum absolute atomic E-state index is 0.104. The van der Waals surface area contributed by atoms with E-state index in [0.717, 1.165) is 24.0 Å². The van der Waals surface area contributed by atoms with Gasteiger partial charge in [0.05, 0.1) is 46.3 Å². The van der Waals surface area contributed by atoms with Crippen molar-refractivity contribution in [3.8, 4) is 28.7 Å². The second-order valence-corrected chi connectivity index (χ2v) is 6.89. The van der Waals surface area contributed by atoms with Crippen LogP contribution >= 0.6 is 0 Å². The second-order valence-electron chi connectivity index (χ2n) is 6.89. The minimum Gasteiger partial charge on any atom is -0.493 e. The van der Waals surface area contributed by atoms with Gasteiger partial charge in [0.1, 0.15) is 6.61 Å². The Hall–Kier alpha value is -3.06. The number of methoxy groups -OCH3 is 4. The average Bonchev–Trinajstić information content (AvgIpc) is 3.27. The molecule has 0 aromatic heterocycles. The van der Waals surface area contributed by atoms with Crippen LogP contribution in [0.4, 0.5) is 5.69 Å². The summed E-state index contributed by atoms with van der Waals surface area (Å²) in [4.78, 5) is 0. The summed E-state index contributed by atoms with van der Waals surface area (Å²) in [6, 6.07) is 7.64. The Morgan fingerprint density at radius 2 is 1.37 bits per heavy atom. The molecular formula is C23H29NO6. The van der Waals surface area contributed by atoms with Gasteiger partial charge in [-0.2, -0.15) is 0 Å². The Bertz CT molecular complexity index is 872. The first-order chi connectivity index (χ1) is 14.6. The zero-order valence-electron chi connectivity index (χ0n) is 17.9. The van der Waals surface area contributed by atoms with Crippen LogP contribution in [0.1, 0.15) is 36.2 Å². The van der Waals surface area contributed by atoms with E-state index < -0.39 is 0 Å². The molecule has 2 atom stereocenters. The molecule has 30 heavy (non-hydrogen) atoms. The maximum atomic E-state index is 6.36. The highest BCUT2D eigenvalue weighted by atomic mass is 16.5. The van der Waals surface area contributed by atoms with Crippen molar-refractivity contribution in [2.75, 3.05) is 40.8 Å². The maximum absolute atomic E-state index is 6.36. The standard InChI is InChI=1S/C23H29NO6/c1-6-9-29-22-16(24)10-14(11-19(22)25-2)17-7-8-18(30-17)15-12-20(26-3)23(28-5)21(13-15)27-4/h6,10-13,17-18H,1,7-9,24H2,2-5H3/t17-,18-/m1/s1. The third kappa shape index (κ3) is 4.26. The van der Waals surface area contributed by atoms with Gasteiger partial charge in [0.15, 0.2) is 23.0 Å². The summed E-state index contributed by atoms with van der Waals surface area (Å²) in [5, 5.41) is 0. The van der Waals surface area contributed by atoms with Crippen molar-refractivity contribution in [3.05, 3.63) is 48.0 Å². The molecule has 0 amide bonds. The minimum atomic E-state index is -0.112. The van der Waals surface area contributed by atoms with Crippen LogP contribution in [0.5, 0.6) is 28.7 Å². The van der Waals surface area contributed by atoms with E-state index in [-0.39, 0.29) is 12.2 Å². The molecule has 7 heteroatoms. The Morgan fingerprint density at radius 1 is 0.867 bits per heavy atom. The van der Waals surface area contributed by atoms with E-state index in [1.807, 2.05) is 24.3 Å². The highest BCUT2D eigenvalue weighted by molar-refractivity contribution is 5.63. The molecule has 1 aliphatic rings. The van der Waals surface area contributed by atoms with Gasteiger partial charge in [-0.25, -0.2) is 0 Å². The fourth-order valence-electron chi connectivity index (χ4n) is 3.70. The third-order valence-corrected chi connectivity index (χ3v) is 5.12. The fourth-order valence-corrected chi connectivity index (χ4v) is 3.70. The van der Waals surface area contributed by atoms with Gasteiger partial charge in [-0.05, 0) is 48.2 Å². The Morgan fingerprint density at radius 3 is 1.83 bits per heavy atom. The van der Waals surface area contributed by atoms with E-state index in [1.54, 1.807) is 34.5 Å². The molecule has 1 aliphatic heterocycles. The van der Waals surface area contributed by atoms with Crippen LogP contribution in [-0.2, 0) is 4.74 Å². The number of anilines is 1. The fraction of sp³-hybridized carbons (Fsp3) is 0.391. The molecule has 0 unspecified atom stereocenters. The SMILES string of the molecule is C=CCOc1c(N)cc([C@H]2CC[C@H](c3cc(OC)c(OC)c(OC)c3)O2)cc1OC. The molecule has 0 radical (unpaired) electrons. The Labute approximate surface area is 177 Å². The zero-order chi connectivity index (χ0) is 21.7. The van der Waals surface area contributed by atoms with Crippen molar-refractivity contribution in [1.29, 1.82) is 0 Å². The molecule has 2 aromatic carbocycles. The number of hydrogen-bond acceptors (Lipinski definition) is 7. The molecule has 0 saturated carbocycles. The van der Waals surface area contributed by atoms with Gasteiger partial charge in [-0.3, -0.25) is 0 Å². The summed E-state index contributed by atoms with van der Waals surface area (Å²) in [6.07, 6.45) is 3.14. The highest BCUT2D eigenvalue weighted by Crippen LogP contribution is 2.47.